The van der Waals surface area contributed by atoms with Crippen molar-refractivity contribution in [3.05, 3.63) is 35.5 Å². The first kappa shape index (κ1) is 16.4. The number of ether oxygens (including phenoxy) is 1. The van der Waals surface area contributed by atoms with E-state index in [0.717, 1.165) is 22.7 Å². The van der Waals surface area contributed by atoms with Crippen molar-refractivity contribution >= 4 is 18.2 Å². The summed E-state index contributed by atoms with van der Waals surface area (Å²) < 4.78 is 7.13. The fraction of sp³-hybridized carbons (Fsp3) is 0.400. The van der Waals surface area contributed by atoms with Crippen LogP contribution in [0.1, 0.15) is 32.0 Å². The number of rotatable bonds is 2. The maximum atomic E-state index is 6.09. The molecule has 2 aromatic rings. The van der Waals surface area contributed by atoms with E-state index in [2.05, 4.69) is 25.9 Å². The molecule has 0 atom stereocenters. The summed E-state index contributed by atoms with van der Waals surface area (Å²) in [6.07, 6.45) is 0. The lowest BCUT2D eigenvalue weighted by Gasteiger charge is -2.14. The lowest BCUT2D eigenvalue weighted by molar-refractivity contribution is 0.411. The van der Waals surface area contributed by atoms with Gasteiger partial charge in [-0.2, -0.15) is 5.10 Å². The Hall–Kier alpha value is -1.68. The number of anilines is 1. The van der Waals surface area contributed by atoms with Crippen molar-refractivity contribution in [3.63, 3.8) is 0 Å². The number of benzene rings is 1. The lowest BCUT2D eigenvalue weighted by Crippen LogP contribution is -2.13. The van der Waals surface area contributed by atoms with Crippen LogP contribution in [-0.2, 0) is 5.41 Å². The Kier molecular flexibility index (Phi) is 4.71. The number of nitrogen functional groups attached to an aromatic ring is 1. The minimum atomic E-state index is -0.0313. The maximum Gasteiger partial charge on any atom is 0.144 e. The molecular weight excluding hydrogens is 274 g/mol. The number of aryl methyl sites for hydroxylation is 1. The smallest absolute Gasteiger partial charge is 0.144 e. The van der Waals surface area contributed by atoms with Crippen molar-refractivity contribution in [1.29, 1.82) is 0 Å². The molecule has 0 saturated heterocycles. The molecule has 0 aliphatic rings. The molecule has 2 N–H and O–H groups in total. The summed E-state index contributed by atoms with van der Waals surface area (Å²) in [7, 11) is 1.65. The van der Waals surface area contributed by atoms with Gasteiger partial charge in [-0.05, 0) is 24.6 Å². The highest BCUT2D eigenvalue weighted by Crippen LogP contribution is 2.29. The van der Waals surface area contributed by atoms with Crippen LogP contribution < -0.4 is 10.5 Å². The molecule has 0 bridgehead atoms. The van der Waals surface area contributed by atoms with Crippen LogP contribution in [0.3, 0.4) is 0 Å². The molecule has 20 heavy (non-hydrogen) atoms. The normalized spacial score (nSPS) is 11.1. The van der Waals surface area contributed by atoms with Crippen molar-refractivity contribution in [2.24, 2.45) is 0 Å². The van der Waals surface area contributed by atoms with Crippen molar-refractivity contribution < 1.29 is 4.74 Å². The third kappa shape index (κ3) is 3.07. The van der Waals surface area contributed by atoms with Gasteiger partial charge in [0.15, 0.2) is 0 Å². The van der Waals surface area contributed by atoms with E-state index >= 15 is 0 Å². The molecular formula is C15H22ClN3O. The van der Waals surface area contributed by atoms with E-state index < -0.39 is 0 Å². The SMILES string of the molecule is COc1ccc(C)cc1-n1nc(C(C)(C)C)cc1N.Cl. The molecule has 4 nitrogen and oxygen atoms in total. The van der Waals surface area contributed by atoms with Crippen LogP contribution in [0, 0.1) is 6.92 Å². The van der Waals surface area contributed by atoms with E-state index in [1.807, 2.05) is 31.2 Å². The van der Waals surface area contributed by atoms with E-state index in [1.165, 1.54) is 0 Å². The summed E-state index contributed by atoms with van der Waals surface area (Å²) in [5.74, 6) is 1.38. The van der Waals surface area contributed by atoms with E-state index in [9.17, 15) is 0 Å². The van der Waals surface area contributed by atoms with Crippen LogP contribution in [0.5, 0.6) is 5.75 Å². The highest BCUT2D eigenvalue weighted by molar-refractivity contribution is 5.85. The molecule has 0 unspecified atom stereocenters. The average molecular weight is 296 g/mol. The Bertz CT molecular complexity index is 600. The van der Waals surface area contributed by atoms with Gasteiger partial charge >= 0.3 is 0 Å². The second kappa shape index (κ2) is 5.75. The van der Waals surface area contributed by atoms with Gasteiger partial charge in [-0.1, -0.05) is 26.8 Å². The number of halogens is 1. The summed E-state index contributed by atoms with van der Waals surface area (Å²) in [6, 6.07) is 7.88. The van der Waals surface area contributed by atoms with Crippen LogP contribution in [-0.4, -0.2) is 16.9 Å². The topological polar surface area (TPSA) is 53.1 Å². The zero-order chi connectivity index (χ0) is 14.2. The van der Waals surface area contributed by atoms with Gasteiger partial charge in [-0.15, -0.1) is 12.4 Å². The average Bonchev–Trinajstić information content (AvgIpc) is 2.71. The van der Waals surface area contributed by atoms with Gasteiger partial charge < -0.3 is 10.5 Å². The zero-order valence-corrected chi connectivity index (χ0v) is 13.4. The van der Waals surface area contributed by atoms with Crippen LogP contribution in [0.15, 0.2) is 24.3 Å². The van der Waals surface area contributed by atoms with E-state index in [4.69, 9.17) is 10.5 Å². The van der Waals surface area contributed by atoms with Crippen LogP contribution in [0.2, 0.25) is 0 Å². The van der Waals surface area contributed by atoms with E-state index in [0.29, 0.717) is 5.82 Å². The predicted octanol–water partition coefficient (Wildman–Crippen LogP) is 3.49. The quantitative estimate of drug-likeness (QED) is 0.922. The maximum absolute atomic E-state index is 6.09. The molecule has 1 aromatic carbocycles. The molecule has 1 aromatic heterocycles. The fourth-order valence-electron chi connectivity index (χ4n) is 1.92. The first-order chi connectivity index (χ1) is 8.82. The molecule has 0 radical (unpaired) electrons. The number of nitrogens with zero attached hydrogens (tertiary/aromatic N) is 2. The molecule has 110 valence electrons. The monoisotopic (exact) mass is 295 g/mol. The third-order valence-corrected chi connectivity index (χ3v) is 3.07. The number of nitrogens with two attached hydrogens (primary N) is 1. The Morgan fingerprint density at radius 3 is 2.35 bits per heavy atom. The van der Waals surface area contributed by atoms with Crippen molar-refractivity contribution in [3.8, 4) is 11.4 Å². The lowest BCUT2D eigenvalue weighted by atomic mass is 9.92. The minimum absolute atomic E-state index is 0. The number of hydrogen-bond acceptors (Lipinski definition) is 3. The van der Waals surface area contributed by atoms with Crippen LogP contribution in [0.25, 0.3) is 5.69 Å². The van der Waals surface area contributed by atoms with Gasteiger partial charge in [0, 0.05) is 11.5 Å². The van der Waals surface area contributed by atoms with Gasteiger partial charge in [0.05, 0.1) is 12.8 Å². The molecule has 0 aliphatic heterocycles. The number of hydrogen-bond donors (Lipinski definition) is 1. The first-order valence-corrected chi connectivity index (χ1v) is 6.34. The summed E-state index contributed by atoms with van der Waals surface area (Å²) in [6.45, 7) is 8.39. The predicted molar refractivity (Wildman–Crippen MR) is 85.2 cm³/mol. The highest BCUT2D eigenvalue weighted by Gasteiger charge is 2.20. The standard InChI is InChI=1S/C15H21N3O.ClH/c1-10-6-7-12(19-5)11(8-10)18-14(16)9-13(17-18)15(2,3)4;/h6-9H,16H2,1-5H3;1H. The summed E-state index contributed by atoms with van der Waals surface area (Å²) >= 11 is 0. The van der Waals surface area contributed by atoms with Gasteiger partial charge in [-0.3, -0.25) is 0 Å². The minimum Gasteiger partial charge on any atom is -0.494 e. The Labute approximate surface area is 126 Å². The molecule has 0 fully saturated rings. The second-order valence-corrected chi connectivity index (χ2v) is 5.79. The van der Waals surface area contributed by atoms with E-state index in [1.54, 1.807) is 11.8 Å². The number of aromatic nitrogens is 2. The van der Waals surface area contributed by atoms with Crippen molar-refractivity contribution in [2.45, 2.75) is 33.1 Å². The molecule has 2 rings (SSSR count). The first-order valence-electron chi connectivity index (χ1n) is 6.34. The Morgan fingerprint density at radius 2 is 1.85 bits per heavy atom. The van der Waals surface area contributed by atoms with Gasteiger partial charge in [0.2, 0.25) is 0 Å². The second-order valence-electron chi connectivity index (χ2n) is 5.79. The van der Waals surface area contributed by atoms with E-state index in [-0.39, 0.29) is 17.8 Å². The van der Waals surface area contributed by atoms with Gasteiger partial charge in [-0.25, -0.2) is 4.68 Å². The van der Waals surface area contributed by atoms with Crippen LogP contribution in [0.4, 0.5) is 5.82 Å². The van der Waals surface area contributed by atoms with Gasteiger partial charge in [0.1, 0.15) is 17.3 Å². The molecule has 1 heterocycles. The zero-order valence-electron chi connectivity index (χ0n) is 12.6. The van der Waals surface area contributed by atoms with Crippen LogP contribution >= 0.6 is 12.4 Å². The number of methoxy groups -OCH3 is 1. The largest absolute Gasteiger partial charge is 0.494 e. The summed E-state index contributed by atoms with van der Waals surface area (Å²) in [5, 5.41) is 4.61. The summed E-state index contributed by atoms with van der Waals surface area (Å²) in [5.41, 5.74) is 9.04. The highest BCUT2D eigenvalue weighted by atomic mass is 35.5. The Morgan fingerprint density at radius 1 is 1.20 bits per heavy atom. The molecule has 5 heteroatoms. The van der Waals surface area contributed by atoms with Gasteiger partial charge in [0.25, 0.3) is 0 Å². The molecule has 0 amide bonds. The van der Waals surface area contributed by atoms with Crippen molar-refractivity contribution in [1.82, 2.24) is 9.78 Å². The fourth-order valence-corrected chi connectivity index (χ4v) is 1.92. The third-order valence-electron chi connectivity index (χ3n) is 3.07. The van der Waals surface area contributed by atoms with Crippen molar-refractivity contribution in [2.75, 3.05) is 12.8 Å². The molecule has 0 aliphatic carbocycles. The molecule has 0 spiro atoms. The Balaban J connectivity index is 0.00000200. The molecule has 0 saturated carbocycles. The summed E-state index contributed by atoms with van der Waals surface area (Å²) in [4.78, 5) is 0.